The second-order valence-electron chi connectivity index (χ2n) is 16.2. The standard InChI is InChI=1S/C46H37BN2O/c1-26-23-37-41-38(24-26)49-42-31(40-30-14-7-9-17-32(30)46(5,6)44(40)49)16-11-18-34(42)47(41)33-22-21-27(45(2,3)4)25-36(33)48(37)35-19-12-15-29-28-13-8-10-20-39(28)50-43(29)35/h7-25H,1-6H3. The van der Waals surface area contributed by atoms with Crippen molar-refractivity contribution in [2.75, 3.05) is 4.90 Å². The first-order valence-corrected chi connectivity index (χ1v) is 17.9. The molecular weight excluding hydrogens is 607 g/mol. The molecule has 2 aliphatic heterocycles. The zero-order chi connectivity index (χ0) is 33.8. The summed E-state index contributed by atoms with van der Waals surface area (Å²) in [6, 6.07) is 43.2. The van der Waals surface area contributed by atoms with E-state index in [0.29, 0.717) is 0 Å². The van der Waals surface area contributed by atoms with Crippen LogP contribution in [-0.2, 0) is 10.8 Å². The average molecular weight is 645 g/mol. The highest BCUT2D eigenvalue weighted by Gasteiger charge is 2.47. The fraction of sp³-hybridized carbons (Fsp3) is 0.174. The summed E-state index contributed by atoms with van der Waals surface area (Å²) in [5.74, 6) is 0. The monoisotopic (exact) mass is 644 g/mol. The lowest BCUT2D eigenvalue weighted by atomic mass is 9.33. The zero-order valence-electron chi connectivity index (χ0n) is 29.3. The lowest BCUT2D eigenvalue weighted by molar-refractivity contribution is 0.590. The van der Waals surface area contributed by atoms with E-state index in [4.69, 9.17) is 4.42 Å². The van der Waals surface area contributed by atoms with E-state index in [9.17, 15) is 0 Å². The van der Waals surface area contributed by atoms with Crippen molar-refractivity contribution in [1.82, 2.24) is 4.57 Å². The first-order valence-electron chi connectivity index (χ1n) is 17.9. The molecule has 4 heterocycles. The number of nitrogens with zero attached hydrogens (tertiary/aromatic N) is 2. The zero-order valence-corrected chi connectivity index (χ0v) is 29.3. The van der Waals surface area contributed by atoms with Gasteiger partial charge in [-0.25, -0.2) is 0 Å². The van der Waals surface area contributed by atoms with Crippen molar-refractivity contribution in [3.05, 3.63) is 138 Å². The average Bonchev–Trinajstić information content (AvgIpc) is 3.74. The molecule has 240 valence electrons. The van der Waals surface area contributed by atoms with Crippen LogP contribution in [0.2, 0.25) is 0 Å². The molecule has 0 saturated carbocycles. The molecule has 0 unspecified atom stereocenters. The Labute approximate surface area is 292 Å². The highest BCUT2D eigenvalue weighted by atomic mass is 16.3. The maximum Gasteiger partial charge on any atom is 0.252 e. The van der Waals surface area contributed by atoms with E-state index in [0.717, 1.165) is 27.6 Å². The highest BCUT2D eigenvalue weighted by Crippen LogP contribution is 2.54. The van der Waals surface area contributed by atoms with E-state index in [1.54, 1.807) is 0 Å². The maximum atomic E-state index is 6.76. The molecule has 11 rings (SSSR count). The molecule has 3 nitrogen and oxygen atoms in total. The van der Waals surface area contributed by atoms with Crippen molar-refractivity contribution in [3.63, 3.8) is 0 Å². The van der Waals surface area contributed by atoms with Crippen molar-refractivity contribution >= 4 is 73.0 Å². The third-order valence-electron chi connectivity index (χ3n) is 11.9. The number of benzene rings is 6. The maximum absolute atomic E-state index is 6.76. The first-order chi connectivity index (χ1) is 24.1. The van der Waals surface area contributed by atoms with Gasteiger partial charge in [0.15, 0.2) is 5.58 Å². The summed E-state index contributed by atoms with van der Waals surface area (Å²) in [5, 5.41) is 3.65. The molecule has 50 heavy (non-hydrogen) atoms. The largest absolute Gasteiger partial charge is 0.454 e. The van der Waals surface area contributed by atoms with Crippen molar-refractivity contribution in [2.45, 2.75) is 52.4 Å². The van der Waals surface area contributed by atoms with Gasteiger partial charge in [0.05, 0.1) is 5.69 Å². The van der Waals surface area contributed by atoms with Crippen LogP contribution in [0.5, 0.6) is 0 Å². The number of rotatable bonds is 1. The van der Waals surface area contributed by atoms with Crippen molar-refractivity contribution in [2.24, 2.45) is 0 Å². The molecule has 0 atom stereocenters. The Balaban J connectivity index is 1.30. The second-order valence-corrected chi connectivity index (χ2v) is 16.2. The molecular formula is C46H37BN2O. The van der Waals surface area contributed by atoms with Crippen molar-refractivity contribution in [1.29, 1.82) is 0 Å². The number of hydrogen-bond donors (Lipinski definition) is 0. The van der Waals surface area contributed by atoms with Gasteiger partial charge in [-0.1, -0.05) is 120 Å². The van der Waals surface area contributed by atoms with Crippen LogP contribution in [0.15, 0.2) is 120 Å². The third kappa shape index (κ3) is 3.37. The number of aromatic nitrogens is 1. The van der Waals surface area contributed by atoms with Crippen LogP contribution in [0.25, 0.3) is 49.7 Å². The van der Waals surface area contributed by atoms with Gasteiger partial charge >= 0.3 is 0 Å². The van der Waals surface area contributed by atoms with Gasteiger partial charge in [-0.15, -0.1) is 0 Å². The molecule has 0 amide bonds. The lowest BCUT2D eigenvalue weighted by Crippen LogP contribution is -2.60. The van der Waals surface area contributed by atoms with Gasteiger partial charge in [-0.2, -0.15) is 0 Å². The minimum Gasteiger partial charge on any atom is -0.454 e. The van der Waals surface area contributed by atoms with E-state index < -0.39 is 0 Å². The fourth-order valence-electron chi connectivity index (χ4n) is 9.73. The predicted molar refractivity (Wildman–Crippen MR) is 211 cm³/mol. The molecule has 0 radical (unpaired) electrons. The number of fused-ring (bicyclic) bond motifs is 12. The summed E-state index contributed by atoms with van der Waals surface area (Å²) < 4.78 is 9.41. The molecule has 6 aromatic carbocycles. The third-order valence-corrected chi connectivity index (χ3v) is 11.9. The molecule has 3 aliphatic rings. The number of furan rings is 1. The Hall–Kier alpha value is -5.48. The van der Waals surface area contributed by atoms with Gasteiger partial charge in [0.25, 0.3) is 6.71 Å². The Morgan fingerprint density at radius 2 is 1.40 bits per heavy atom. The molecule has 0 bridgehead atoms. The van der Waals surface area contributed by atoms with E-state index in [-0.39, 0.29) is 17.5 Å². The van der Waals surface area contributed by atoms with Crippen molar-refractivity contribution in [3.8, 4) is 16.8 Å². The smallest absolute Gasteiger partial charge is 0.252 e. The summed E-state index contributed by atoms with van der Waals surface area (Å²) in [6.07, 6.45) is 0. The minimum absolute atomic E-state index is 0.00876. The van der Waals surface area contributed by atoms with Crippen LogP contribution in [0, 0.1) is 6.92 Å². The summed E-state index contributed by atoms with van der Waals surface area (Å²) in [6.45, 7) is 14.1. The van der Waals surface area contributed by atoms with Gasteiger partial charge in [0, 0.05) is 55.4 Å². The van der Waals surface area contributed by atoms with Gasteiger partial charge in [0.1, 0.15) is 5.58 Å². The number of anilines is 3. The number of aryl methyl sites for hydroxylation is 1. The molecule has 0 saturated heterocycles. The molecule has 4 heteroatoms. The summed E-state index contributed by atoms with van der Waals surface area (Å²) in [4.78, 5) is 2.52. The van der Waals surface area contributed by atoms with E-state index in [2.05, 4.69) is 166 Å². The minimum atomic E-state index is -0.153. The highest BCUT2D eigenvalue weighted by molar-refractivity contribution is 7.00. The topological polar surface area (TPSA) is 21.3 Å². The van der Waals surface area contributed by atoms with Gasteiger partial charge in [-0.05, 0) is 81.3 Å². The lowest BCUT2D eigenvalue weighted by Gasteiger charge is -2.41. The van der Waals surface area contributed by atoms with E-state index in [1.807, 2.05) is 0 Å². The quantitative estimate of drug-likeness (QED) is 0.166. The first kappa shape index (κ1) is 28.4. The number of hydrogen-bond acceptors (Lipinski definition) is 2. The summed E-state index contributed by atoms with van der Waals surface area (Å²) >= 11 is 0. The second kappa shape index (κ2) is 9.19. The SMILES string of the molecule is Cc1cc2c3c(c1)-n1c4c(c5cccc(c51)B3c1ccc(C(C)(C)C)cc1N2c1cccc2c1oc1ccccc12)-c1ccccc1C4(C)C. The fourth-order valence-corrected chi connectivity index (χ4v) is 9.73. The normalized spacial score (nSPS) is 15.1. The summed E-state index contributed by atoms with van der Waals surface area (Å²) in [5.41, 5.74) is 20.1. The van der Waals surface area contributed by atoms with E-state index in [1.165, 1.54) is 77.9 Å². The van der Waals surface area contributed by atoms with Crippen molar-refractivity contribution < 1.29 is 4.42 Å². The van der Waals surface area contributed by atoms with Crippen LogP contribution in [0.4, 0.5) is 17.1 Å². The van der Waals surface area contributed by atoms with Crippen LogP contribution in [0.1, 0.15) is 57.0 Å². The molecule has 8 aromatic rings. The van der Waals surface area contributed by atoms with Crippen LogP contribution in [-0.4, -0.2) is 11.3 Å². The molecule has 0 fully saturated rings. The molecule has 2 aromatic heterocycles. The molecule has 1 aliphatic carbocycles. The molecule has 0 spiro atoms. The van der Waals surface area contributed by atoms with Gasteiger partial charge in [0.2, 0.25) is 0 Å². The molecule has 0 N–H and O–H groups in total. The van der Waals surface area contributed by atoms with Gasteiger partial charge in [-0.3, -0.25) is 0 Å². The Morgan fingerprint density at radius 1 is 0.660 bits per heavy atom. The Morgan fingerprint density at radius 3 is 2.26 bits per heavy atom. The van der Waals surface area contributed by atoms with E-state index >= 15 is 0 Å². The van der Waals surface area contributed by atoms with Crippen LogP contribution < -0.4 is 21.3 Å². The Kier molecular flexibility index (Phi) is 5.22. The van der Waals surface area contributed by atoms with Crippen LogP contribution in [0.3, 0.4) is 0 Å². The summed E-state index contributed by atoms with van der Waals surface area (Å²) in [7, 11) is 0. The predicted octanol–water partition coefficient (Wildman–Crippen LogP) is 10.1. The van der Waals surface area contributed by atoms with Crippen LogP contribution >= 0.6 is 0 Å². The number of para-hydroxylation sites is 3. The Bertz CT molecular complexity index is 2810. The van der Waals surface area contributed by atoms with Gasteiger partial charge < -0.3 is 13.9 Å².